The number of rotatable bonds is 7. The van der Waals surface area contributed by atoms with Gasteiger partial charge in [0.05, 0.1) is 0 Å². The van der Waals surface area contributed by atoms with E-state index >= 15 is 0 Å². The van der Waals surface area contributed by atoms with E-state index in [2.05, 4.69) is 33.8 Å². The molecule has 0 amide bonds. The van der Waals surface area contributed by atoms with E-state index in [4.69, 9.17) is 0 Å². The minimum Gasteiger partial charge on any atom is -0.286 e. The van der Waals surface area contributed by atoms with Crippen LogP contribution in [0.5, 0.6) is 0 Å². The lowest BCUT2D eigenvalue weighted by atomic mass is 10.1. The number of aryl methyl sites for hydroxylation is 1. The maximum Gasteiger partial charge on any atom is 0.137 e. The fourth-order valence-electron chi connectivity index (χ4n) is 2.12. The quantitative estimate of drug-likeness (QED) is 0.693. The van der Waals surface area contributed by atoms with E-state index in [1.807, 2.05) is 18.2 Å². The molecule has 0 radical (unpaired) electrons. The van der Waals surface area contributed by atoms with Gasteiger partial charge in [-0.1, -0.05) is 50.8 Å². The average molecular weight is 243 g/mol. The highest BCUT2D eigenvalue weighted by molar-refractivity contribution is 5.31. The number of unbranched alkanes of at least 4 members (excludes halogenated alkanes) is 4. The van der Waals surface area contributed by atoms with Gasteiger partial charge in [0.25, 0.3) is 0 Å². The van der Waals surface area contributed by atoms with Gasteiger partial charge < -0.3 is 0 Å². The summed E-state index contributed by atoms with van der Waals surface area (Å²) in [6, 6.07) is 10.3. The average Bonchev–Trinajstić information content (AvgIpc) is 2.88. The molecule has 1 aromatic carbocycles. The van der Waals surface area contributed by atoms with E-state index in [1.54, 1.807) is 6.33 Å². The molecule has 0 fully saturated rings. The molecule has 0 aliphatic heterocycles. The van der Waals surface area contributed by atoms with Crippen molar-refractivity contribution in [3.05, 3.63) is 42.5 Å². The van der Waals surface area contributed by atoms with Gasteiger partial charge in [-0.15, -0.1) is 10.2 Å². The predicted molar refractivity (Wildman–Crippen MR) is 73.8 cm³/mol. The number of hydrogen-bond acceptors (Lipinski definition) is 2. The molecule has 3 heteroatoms. The molecule has 0 aliphatic rings. The Kier molecular flexibility index (Phi) is 4.94. The second-order valence-electron chi connectivity index (χ2n) is 4.62. The Hall–Kier alpha value is -1.64. The topological polar surface area (TPSA) is 30.7 Å². The van der Waals surface area contributed by atoms with Crippen molar-refractivity contribution in [1.82, 2.24) is 14.8 Å². The second-order valence-corrected chi connectivity index (χ2v) is 4.62. The van der Waals surface area contributed by atoms with Crippen LogP contribution in [0.3, 0.4) is 0 Å². The summed E-state index contributed by atoms with van der Waals surface area (Å²) in [6.07, 6.45) is 9.26. The largest absolute Gasteiger partial charge is 0.286 e. The van der Waals surface area contributed by atoms with Crippen LogP contribution < -0.4 is 0 Å². The van der Waals surface area contributed by atoms with E-state index in [0.29, 0.717) is 0 Å². The lowest BCUT2D eigenvalue weighted by Crippen LogP contribution is -2.00. The normalized spacial score (nSPS) is 10.7. The summed E-state index contributed by atoms with van der Waals surface area (Å²) >= 11 is 0. The van der Waals surface area contributed by atoms with Crippen LogP contribution in [-0.4, -0.2) is 14.8 Å². The third-order valence-corrected chi connectivity index (χ3v) is 3.16. The Morgan fingerprint density at radius 1 is 1.00 bits per heavy atom. The van der Waals surface area contributed by atoms with Gasteiger partial charge in [0.2, 0.25) is 0 Å². The van der Waals surface area contributed by atoms with E-state index in [1.165, 1.54) is 32.1 Å². The fourth-order valence-corrected chi connectivity index (χ4v) is 2.12. The standard InChI is InChI=1S/C15H21N3/c1-2-3-4-5-9-12-15-17-16-13-18(15)14-10-7-6-8-11-14/h6-8,10-11,13H,2-5,9,12H2,1H3. The monoisotopic (exact) mass is 243 g/mol. The van der Waals surface area contributed by atoms with Crippen LogP contribution in [0.1, 0.15) is 44.9 Å². The molecule has 3 nitrogen and oxygen atoms in total. The predicted octanol–water partition coefficient (Wildman–Crippen LogP) is 3.78. The van der Waals surface area contributed by atoms with Gasteiger partial charge in [-0.05, 0) is 18.6 Å². The molecule has 0 atom stereocenters. The highest BCUT2D eigenvalue weighted by Crippen LogP contribution is 2.12. The lowest BCUT2D eigenvalue weighted by molar-refractivity contribution is 0.619. The Labute approximate surface area is 109 Å². The van der Waals surface area contributed by atoms with Gasteiger partial charge in [0, 0.05) is 12.1 Å². The van der Waals surface area contributed by atoms with Crippen molar-refractivity contribution in [2.45, 2.75) is 45.4 Å². The number of nitrogens with zero attached hydrogens (tertiary/aromatic N) is 3. The molecule has 0 bridgehead atoms. The number of para-hydroxylation sites is 1. The van der Waals surface area contributed by atoms with E-state index in [-0.39, 0.29) is 0 Å². The molecule has 2 aromatic rings. The minimum atomic E-state index is 1.01. The van der Waals surface area contributed by atoms with Crippen molar-refractivity contribution in [2.75, 3.05) is 0 Å². The number of hydrogen-bond donors (Lipinski definition) is 0. The zero-order chi connectivity index (χ0) is 12.6. The molecule has 96 valence electrons. The first kappa shape index (κ1) is 12.8. The Morgan fingerprint density at radius 3 is 2.56 bits per heavy atom. The van der Waals surface area contributed by atoms with E-state index in [9.17, 15) is 0 Å². The molecule has 0 spiro atoms. The number of benzene rings is 1. The molecule has 2 rings (SSSR count). The van der Waals surface area contributed by atoms with Gasteiger partial charge in [-0.25, -0.2) is 0 Å². The second kappa shape index (κ2) is 6.94. The Morgan fingerprint density at radius 2 is 1.78 bits per heavy atom. The summed E-state index contributed by atoms with van der Waals surface area (Å²) in [5.41, 5.74) is 1.14. The zero-order valence-electron chi connectivity index (χ0n) is 11.0. The summed E-state index contributed by atoms with van der Waals surface area (Å²) in [5, 5.41) is 8.25. The smallest absolute Gasteiger partial charge is 0.137 e. The van der Waals surface area contributed by atoms with E-state index in [0.717, 1.165) is 17.9 Å². The van der Waals surface area contributed by atoms with Gasteiger partial charge in [-0.3, -0.25) is 4.57 Å². The van der Waals surface area contributed by atoms with Crippen molar-refractivity contribution < 1.29 is 0 Å². The van der Waals surface area contributed by atoms with Crippen LogP contribution in [0.25, 0.3) is 5.69 Å². The van der Waals surface area contributed by atoms with Crippen LogP contribution in [0.4, 0.5) is 0 Å². The van der Waals surface area contributed by atoms with Crippen LogP contribution in [0.15, 0.2) is 36.7 Å². The van der Waals surface area contributed by atoms with Crippen molar-refractivity contribution in [1.29, 1.82) is 0 Å². The SMILES string of the molecule is CCCCCCCc1nncn1-c1ccccc1. The van der Waals surface area contributed by atoms with Crippen molar-refractivity contribution in [3.63, 3.8) is 0 Å². The van der Waals surface area contributed by atoms with Crippen molar-refractivity contribution in [2.24, 2.45) is 0 Å². The molecule has 18 heavy (non-hydrogen) atoms. The van der Waals surface area contributed by atoms with Crippen LogP contribution in [0.2, 0.25) is 0 Å². The van der Waals surface area contributed by atoms with Gasteiger partial charge in [0.15, 0.2) is 0 Å². The van der Waals surface area contributed by atoms with Gasteiger partial charge in [0.1, 0.15) is 12.2 Å². The molecule has 0 aliphatic carbocycles. The van der Waals surface area contributed by atoms with Gasteiger partial charge >= 0.3 is 0 Å². The summed E-state index contributed by atoms with van der Waals surface area (Å²) < 4.78 is 2.08. The molecule has 0 N–H and O–H groups in total. The van der Waals surface area contributed by atoms with Crippen LogP contribution in [0, 0.1) is 0 Å². The molecule has 1 aromatic heterocycles. The Balaban J connectivity index is 1.92. The van der Waals surface area contributed by atoms with Crippen molar-refractivity contribution in [3.8, 4) is 5.69 Å². The van der Waals surface area contributed by atoms with Crippen LogP contribution >= 0.6 is 0 Å². The van der Waals surface area contributed by atoms with Crippen LogP contribution in [-0.2, 0) is 6.42 Å². The maximum atomic E-state index is 4.22. The lowest BCUT2D eigenvalue weighted by Gasteiger charge is -2.06. The fraction of sp³-hybridized carbons (Fsp3) is 0.467. The first-order chi connectivity index (χ1) is 8.92. The van der Waals surface area contributed by atoms with Gasteiger partial charge in [-0.2, -0.15) is 0 Å². The van der Waals surface area contributed by atoms with Crippen molar-refractivity contribution >= 4 is 0 Å². The molecule has 0 saturated heterocycles. The summed E-state index contributed by atoms with van der Waals surface area (Å²) in [6.45, 7) is 2.24. The molecular formula is C15H21N3. The highest BCUT2D eigenvalue weighted by Gasteiger charge is 2.05. The molecule has 1 heterocycles. The summed E-state index contributed by atoms with van der Waals surface area (Å²) in [7, 11) is 0. The zero-order valence-corrected chi connectivity index (χ0v) is 11.0. The molecule has 0 saturated carbocycles. The molecular weight excluding hydrogens is 222 g/mol. The maximum absolute atomic E-state index is 4.22. The Bertz CT molecular complexity index is 448. The first-order valence-corrected chi connectivity index (χ1v) is 6.86. The summed E-state index contributed by atoms with van der Waals surface area (Å²) in [4.78, 5) is 0. The third kappa shape index (κ3) is 3.42. The minimum absolute atomic E-state index is 1.01. The first-order valence-electron chi connectivity index (χ1n) is 6.86. The summed E-state index contributed by atoms with van der Waals surface area (Å²) in [5.74, 6) is 1.07. The highest BCUT2D eigenvalue weighted by atomic mass is 15.3. The third-order valence-electron chi connectivity index (χ3n) is 3.16. The van der Waals surface area contributed by atoms with E-state index < -0.39 is 0 Å². The molecule has 0 unspecified atom stereocenters. The number of aromatic nitrogens is 3.